The van der Waals surface area contributed by atoms with E-state index in [9.17, 15) is 31.1 Å². The third kappa shape index (κ3) is 5.20. The van der Waals surface area contributed by atoms with Crippen LogP contribution in [0.3, 0.4) is 0 Å². The van der Waals surface area contributed by atoms with Gasteiger partial charge in [-0.15, -0.1) is 0 Å². The topological polar surface area (TPSA) is 80.0 Å². The van der Waals surface area contributed by atoms with Crippen LogP contribution in [0.5, 0.6) is 0 Å². The number of alkyl halides is 5. The van der Waals surface area contributed by atoms with Gasteiger partial charge in [0.15, 0.2) is 5.82 Å². The fraction of sp³-hybridized carbons (Fsp3) is 0.211. The molecular weight excluding hydrogens is 430 g/mol. The molecule has 0 saturated heterocycles. The monoisotopic (exact) mass is 444 g/mol. The number of aliphatic hydroxyl groups is 1. The summed E-state index contributed by atoms with van der Waals surface area (Å²) in [7, 11) is 0. The van der Waals surface area contributed by atoms with Crippen molar-refractivity contribution in [3.05, 3.63) is 76.8 Å². The highest BCUT2D eigenvalue weighted by Crippen LogP contribution is 2.32. The lowest BCUT2D eigenvalue weighted by atomic mass is 10.1. The van der Waals surface area contributed by atoms with Gasteiger partial charge in [0, 0.05) is 24.5 Å². The van der Waals surface area contributed by atoms with Crippen molar-refractivity contribution < 1.29 is 36.2 Å². The number of carbonyl (C=O) groups is 1. The molecule has 1 amide bonds. The molecule has 0 fully saturated rings. The van der Waals surface area contributed by atoms with Crippen LogP contribution in [-0.4, -0.2) is 25.5 Å². The largest absolute Gasteiger partial charge is 0.419 e. The first-order chi connectivity index (χ1) is 14.6. The van der Waals surface area contributed by atoms with Crippen molar-refractivity contribution in [3.63, 3.8) is 0 Å². The highest BCUT2D eigenvalue weighted by molar-refractivity contribution is 6.03. The Labute approximate surface area is 171 Å². The zero-order valence-corrected chi connectivity index (χ0v) is 15.5. The van der Waals surface area contributed by atoms with Gasteiger partial charge in [0.05, 0.1) is 29.8 Å². The van der Waals surface area contributed by atoms with Crippen LogP contribution in [0.15, 0.2) is 43.0 Å². The number of pyridine rings is 1. The van der Waals surface area contributed by atoms with Crippen molar-refractivity contribution in [3.8, 4) is 0 Å². The zero-order chi connectivity index (χ0) is 22.8. The van der Waals surface area contributed by atoms with Crippen LogP contribution in [0.1, 0.15) is 39.2 Å². The molecule has 0 aliphatic heterocycles. The summed E-state index contributed by atoms with van der Waals surface area (Å²) in [6.45, 7) is -0.806. The predicted molar refractivity (Wildman–Crippen MR) is 95.8 cm³/mol. The zero-order valence-electron chi connectivity index (χ0n) is 15.5. The first-order valence-corrected chi connectivity index (χ1v) is 8.65. The number of aromatic nitrogens is 3. The Hall–Kier alpha value is -3.41. The second-order valence-corrected chi connectivity index (χ2v) is 6.42. The number of anilines is 1. The molecule has 0 bridgehead atoms. The van der Waals surface area contributed by atoms with Crippen molar-refractivity contribution in [1.82, 2.24) is 14.5 Å². The Morgan fingerprint density at radius 2 is 1.94 bits per heavy atom. The number of nitrogens with one attached hydrogen (secondary N) is 1. The Bertz CT molecular complexity index is 1100. The molecule has 0 aliphatic carbocycles. The Kier molecular flexibility index (Phi) is 6.29. The molecule has 0 atom stereocenters. The molecule has 0 aliphatic rings. The summed E-state index contributed by atoms with van der Waals surface area (Å²) >= 11 is 0. The van der Waals surface area contributed by atoms with Gasteiger partial charge in [-0.1, -0.05) is 6.07 Å². The molecule has 6 nitrogen and oxygen atoms in total. The van der Waals surface area contributed by atoms with E-state index in [0.29, 0.717) is 12.1 Å². The van der Waals surface area contributed by atoms with E-state index < -0.39 is 42.1 Å². The standard InChI is InChI=1S/C19H14F6N4O2/c20-14-2-1-10(3-13(14)19(23,24)25)6-29-7-16(27-9-29)28-18(31)11-4-12(17(21)22)15(8-30)26-5-11/h1-5,7,9,17,30H,6,8H2,(H,28,31). The molecule has 0 radical (unpaired) electrons. The summed E-state index contributed by atoms with van der Waals surface area (Å²) in [5.74, 6) is -2.18. The van der Waals surface area contributed by atoms with Crippen LogP contribution in [0.2, 0.25) is 0 Å². The number of aliphatic hydroxyl groups excluding tert-OH is 1. The van der Waals surface area contributed by atoms with Crippen LogP contribution >= 0.6 is 0 Å². The fourth-order valence-electron chi connectivity index (χ4n) is 2.75. The number of nitrogens with zero attached hydrogens (tertiary/aromatic N) is 3. The quantitative estimate of drug-likeness (QED) is 0.560. The molecule has 2 N–H and O–H groups in total. The Morgan fingerprint density at radius 1 is 1.19 bits per heavy atom. The van der Waals surface area contributed by atoms with E-state index >= 15 is 0 Å². The van der Waals surface area contributed by atoms with E-state index in [1.807, 2.05) is 0 Å². The predicted octanol–water partition coefficient (Wildman–Crippen LogP) is 4.17. The van der Waals surface area contributed by atoms with Gasteiger partial charge >= 0.3 is 6.18 Å². The number of benzene rings is 1. The molecule has 3 aromatic rings. The van der Waals surface area contributed by atoms with Gasteiger partial charge in [0.25, 0.3) is 12.3 Å². The molecule has 12 heteroatoms. The fourth-order valence-corrected chi connectivity index (χ4v) is 2.75. The van der Waals surface area contributed by atoms with Crippen LogP contribution in [0.25, 0.3) is 0 Å². The van der Waals surface area contributed by atoms with E-state index in [1.165, 1.54) is 23.2 Å². The molecule has 0 unspecified atom stereocenters. The molecule has 1 aromatic carbocycles. The highest BCUT2D eigenvalue weighted by atomic mass is 19.4. The average Bonchev–Trinajstić information content (AvgIpc) is 3.14. The molecule has 31 heavy (non-hydrogen) atoms. The molecule has 164 valence electrons. The Balaban J connectivity index is 1.73. The summed E-state index contributed by atoms with van der Waals surface area (Å²) in [5, 5.41) is 11.4. The van der Waals surface area contributed by atoms with Crippen LogP contribution in [0.4, 0.5) is 32.2 Å². The van der Waals surface area contributed by atoms with Crippen molar-refractivity contribution in [2.45, 2.75) is 25.8 Å². The summed E-state index contributed by atoms with van der Waals surface area (Å²) in [5.41, 5.74) is -2.29. The van der Waals surface area contributed by atoms with Gasteiger partial charge in [-0.25, -0.2) is 18.2 Å². The number of imidazole rings is 1. The summed E-state index contributed by atoms with van der Waals surface area (Å²) in [4.78, 5) is 19.8. The minimum absolute atomic E-state index is 0.00740. The summed E-state index contributed by atoms with van der Waals surface area (Å²) in [6, 6.07) is 3.46. The van der Waals surface area contributed by atoms with Crippen molar-refractivity contribution in [2.75, 3.05) is 5.32 Å². The molecule has 2 aromatic heterocycles. The lowest BCUT2D eigenvalue weighted by Crippen LogP contribution is -2.14. The highest BCUT2D eigenvalue weighted by Gasteiger charge is 2.34. The van der Waals surface area contributed by atoms with Gasteiger partial charge < -0.3 is 15.0 Å². The smallest absolute Gasteiger partial charge is 0.390 e. The lowest BCUT2D eigenvalue weighted by molar-refractivity contribution is -0.140. The number of halogens is 6. The first-order valence-electron chi connectivity index (χ1n) is 8.65. The van der Waals surface area contributed by atoms with Crippen LogP contribution in [0, 0.1) is 5.82 Å². The summed E-state index contributed by atoms with van der Waals surface area (Å²) < 4.78 is 79.3. The van der Waals surface area contributed by atoms with E-state index in [-0.39, 0.29) is 29.2 Å². The van der Waals surface area contributed by atoms with E-state index in [2.05, 4.69) is 15.3 Å². The number of carbonyl (C=O) groups excluding carboxylic acids is 1. The average molecular weight is 444 g/mol. The lowest BCUT2D eigenvalue weighted by Gasteiger charge is -2.10. The number of rotatable bonds is 6. The minimum atomic E-state index is -4.84. The van der Waals surface area contributed by atoms with Gasteiger partial charge in [-0.3, -0.25) is 9.78 Å². The molecule has 3 rings (SSSR count). The van der Waals surface area contributed by atoms with Gasteiger partial charge in [-0.2, -0.15) is 13.2 Å². The third-order valence-corrected chi connectivity index (χ3v) is 4.23. The number of hydrogen-bond acceptors (Lipinski definition) is 4. The van der Waals surface area contributed by atoms with Crippen LogP contribution in [-0.2, 0) is 19.3 Å². The maximum absolute atomic E-state index is 13.4. The molecular formula is C19H14F6N4O2. The summed E-state index contributed by atoms with van der Waals surface area (Å²) in [6.07, 6.45) is -4.24. The first kappa shape index (κ1) is 22.3. The maximum Gasteiger partial charge on any atom is 0.419 e. The van der Waals surface area contributed by atoms with E-state index in [0.717, 1.165) is 12.3 Å². The van der Waals surface area contributed by atoms with E-state index in [1.54, 1.807) is 0 Å². The van der Waals surface area contributed by atoms with Crippen molar-refractivity contribution in [2.24, 2.45) is 0 Å². The van der Waals surface area contributed by atoms with Gasteiger partial charge in [-0.05, 0) is 23.8 Å². The second kappa shape index (κ2) is 8.76. The van der Waals surface area contributed by atoms with Crippen molar-refractivity contribution >= 4 is 11.7 Å². The molecule has 0 saturated carbocycles. The van der Waals surface area contributed by atoms with Crippen molar-refractivity contribution in [1.29, 1.82) is 0 Å². The maximum atomic E-state index is 13.4. The SMILES string of the molecule is O=C(Nc1cn(Cc2ccc(F)c(C(F)(F)F)c2)cn1)c1cnc(CO)c(C(F)F)c1. The van der Waals surface area contributed by atoms with E-state index in [4.69, 9.17) is 5.11 Å². The van der Waals surface area contributed by atoms with Gasteiger partial charge in [0.1, 0.15) is 5.82 Å². The number of hydrogen-bond donors (Lipinski definition) is 2. The van der Waals surface area contributed by atoms with Crippen LogP contribution < -0.4 is 5.32 Å². The Morgan fingerprint density at radius 3 is 2.58 bits per heavy atom. The molecule has 2 heterocycles. The number of amides is 1. The van der Waals surface area contributed by atoms with Gasteiger partial charge in [0.2, 0.25) is 0 Å². The second-order valence-electron chi connectivity index (χ2n) is 6.42. The molecule has 0 spiro atoms. The minimum Gasteiger partial charge on any atom is -0.390 e. The third-order valence-electron chi connectivity index (χ3n) is 4.23. The normalized spacial score (nSPS) is 11.7.